The smallest absolute Gasteiger partial charge is 0.123 e. The summed E-state index contributed by atoms with van der Waals surface area (Å²) < 4.78 is 29.3. The van der Waals surface area contributed by atoms with Crippen molar-refractivity contribution in [2.45, 2.75) is 25.6 Å². The van der Waals surface area contributed by atoms with Gasteiger partial charge in [-0.15, -0.1) is 0 Å². The quantitative estimate of drug-likeness (QED) is 0.668. The monoisotopic (exact) mass is 338 g/mol. The maximum atomic E-state index is 13.9. The minimum absolute atomic E-state index is 0.0155. The van der Waals surface area contributed by atoms with E-state index in [1.807, 2.05) is 24.3 Å². The van der Waals surface area contributed by atoms with Gasteiger partial charge in [-0.05, 0) is 53.9 Å². The predicted molar refractivity (Wildman–Crippen MR) is 94.1 cm³/mol. The van der Waals surface area contributed by atoms with Gasteiger partial charge in [0.2, 0.25) is 0 Å². The van der Waals surface area contributed by atoms with E-state index in [-0.39, 0.29) is 17.7 Å². The molecule has 0 N–H and O–H groups in total. The van der Waals surface area contributed by atoms with Crippen LogP contribution in [0.5, 0.6) is 0 Å². The van der Waals surface area contributed by atoms with E-state index in [4.69, 9.17) is 0 Å². The van der Waals surface area contributed by atoms with Gasteiger partial charge in [0.1, 0.15) is 11.6 Å². The summed E-state index contributed by atoms with van der Waals surface area (Å²) in [7, 11) is 0. The molecule has 0 saturated carbocycles. The molecule has 0 unspecified atom stereocenters. The molecule has 0 radical (unpaired) electrons. The van der Waals surface area contributed by atoms with E-state index in [2.05, 4.69) is 21.7 Å². The zero-order chi connectivity index (χ0) is 17.2. The van der Waals surface area contributed by atoms with Crippen molar-refractivity contribution in [3.05, 3.63) is 95.3 Å². The Labute approximate surface area is 146 Å². The van der Waals surface area contributed by atoms with E-state index < -0.39 is 0 Å². The average molecular weight is 338 g/mol. The number of halogens is 2. The van der Waals surface area contributed by atoms with Gasteiger partial charge in [-0.3, -0.25) is 4.90 Å². The van der Waals surface area contributed by atoms with Crippen molar-refractivity contribution < 1.29 is 8.78 Å². The third-order valence-electron chi connectivity index (χ3n) is 4.82. The Morgan fingerprint density at radius 3 is 2.52 bits per heavy atom. The highest BCUT2D eigenvalue weighted by molar-refractivity contribution is 5.30. The van der Waals surface area contributed by atoms with Gasteiger partial charge in [-0.2, -0.15) is 0 Å². The summed E-state index contributed by atoms with van der Waals surface area (Å²) >= 11 is 0. The zero-order valence-electron chi connectivity index (χ0n) is 13.9. The summed E-state index contributed by atoms with van der Waals surface area (Å²) in [6.45, 7) is 2.56. The Bertz CT molecular complexity index is 854. The van der Waals surface area contributed by atoms with Crippen LogP contribution in [-0.2, 0) is 13.1 Å². The molecule has 4 rings (SSSR count). The molecule has 1 aromatic heterocycles. The maximum Gasteiger partial charge on any atom is 0.123 e. The number of aryl methyl sites for hydroxylation is 1. The number of nitrogens with zero attached hydrogens (tertiary/aromatic N) is 2. The first-order valence-corrected chi connectivity index (χ1v) is 8.60. The molecule has 128 valence electrons. The molecule has 0 amide bonds. The van der Waals surface area contributed by atoms with Crippen molar-refractivity contribution in [1.82, 2.24) is 9.47 Å². The van der Waals surface area contributed by atoms with E-state index in [9.17, 15) is 8.78 Å². The second-order valence-electron chi connectivity index (χ2n) is 6.53. The van der Waals surface area contributed by atoms with Crippen LogP contribution in [0.25, 0.3) is 0 Å². The van der Waals surface area contributed by atoms with Crippen molar-refractivity contribution >= 4 is 0 Å². The second-order valence-corrected chi connectivity index (χ2v) is 6.53. The van der Waals surface area contributed by atoms with E-state index in [0.717, 1.165) is 30.6 Å². The Morgan fingerprint density at radius 2 is 1.72 bits per heavy atom. The molecule has 0 spiro atoms. The highest BCUT2D eigenvalue weighted by Crippen LogP contribution is 2.33. The molecule has 1 aliphatic rings. The molecule has 0 fully saturated rings. The highest BCUT2D eigenvalue weighted by Gasteiger charge is 2.27. The highest BCUT2D eigenvalue weighted by atomic mass is 19.1. The number of aromatic nitrogens is 1. The summed E-state index contributed by atoms with van der Waals surface area (Å²) in [5.41, 5.74) is 3.18. The van der Waals surface area contributed by atoms with E-state index in [1.165, 1.54) is 23.9 Å². The van der Waals surface area contributed by atoms with Crippen LogP contribution < -0.4 is 0 Å². The van der Waals surface area contributed by atoms with Gasteiger partial charge < -0.3 is 4.57 Å². The van der Waals surface area contributed by atoms with Crippen LogP contribution in [0.3, 0.4) is 0 Å². The Balaban J connectivity index is 1.74. The number of benzene rings is 2. The lowest BCUT2D eigenvalue weighted by Gasteiger charge is -2.30. The molecule has 2 nitrogen and oxygen atoms in total. The first-order valence-electron chi connectivity index (χ1n) is 8.60. The minimum atomic E-state index is -0.227. The topological polar surface area (TPSA) is 8.17 Å². The van der Waals surface area contributed by atoms with Crippen molar-refractivity contribution in [2.24, 2.45) is 0 Å². The normalized spacial score (nSPS) is 17.9. The fourth-order valence-electron chi connectivity index (χ4n) is 3.69. The molecule has 2 heterocycles. The van der Waals surface area contributed by atoms with E-state index in [1.54, 1.807) is 12.1 Å². The molecular weight excluding hydrogens is 318 g/mol. The van der Waals surface area contributed by atoms with Gasteiger partial charge in [0.25, 0.3) is 0 Å². The first-order chi connectivity index (χ1) is 12.2. The van der Waals surface area contributed by atoms with Crippen LogP contribution in [0, 0.1) is 11.6 Å². The van der Waals surface area contributed by atoms with Crippen molar-refractivity contribution in [2.75, 3.05) is 6.54 Å². The standard InChI is InChI=1S/C21H20F2N2/c22-18-9-7-16(8-10-18)15-25-13-3-12-24-11-2-6-20(24)21(25)17-4-1-5-19(23)14-17/h1-2,4-11,14,21H,3,12-13,15H2/t21-/m1/s1. The lowest BCUT2D eigenvalue weighted by molar-refractivity contribution is 0.220. The van der Waals surface area contributed by atoms with E-state index >= 15 is 0 Å². The summed E-state index contributed by atoms with van der Waals surface area (Å²) in [6, 6.07) is 17.6. The fourth-order valence-corrected chi connectivity index (χ4v) is 3.69. The van der Waals surface area contributed by atoms with Gasteiger partial charge in [0.15, 0.2) is 0 Å². The molecule has 0 saturated heterocycles. The van der Waals surface area contributed by atoms with Crippen LogP contribution in [0.4, 0.5) is 8.78 Å². The second kappa shape index (κ2) is 6.81. The van der Waals surface area contributed by atoms with Gasteiger partial charge in [0, 0.05) is 31.5 Å². The number of hydrogen-bond donors (Lipinski definition) is 0. The Morgan fingerprint density at radius 1 is 0.880 bits per heavy atom. The van der Waals surface area contributed by atoms with Crippen LogP contribution in [0.2, 0.25) is 0 Å². The molecular formula is C21H20F2N2. The number of rotatable bonds is 3. The van der Waals surface area contributed by atoms with Gasteiger partial charge in [-0.1, -0.05) is 24.3 Å². The summed E-state index contributed by atoms with van der Waals surface area (Å²) in [4.78, 5) is 2.35. The number of fused-ring (bicyclic) bond motifs is 1. The van der Waals surface area contributed by atoms with Gasteiger partial charge >= 0.3 is 0 Å². The Kier molecular flexibility index (Phi) is 4.36. The number of hydrogen-bond acceptors (Lipinski definition) is 1. The zero-order valence-corrected chi connectivity index (χ0v) is 13.9. The predicted octanol–water partition coefficient (Wildman–Crippen LogP) is 4.76. The average Bonchev–Trinajstić information content (AvgIpc) is 2.98. The van der Waals surface area contributed by atoms with Gasteiger partial charge in [-0.25, -0.2) is 8.78 Å². The lowest BCUT2D eigenvalue weighted by atomic mass is 10.0. The van der Waals surface area contributed by atoms with Crippen molar-refractivity contribution in [1.29, 1.82) is 0 Å². The summed E-state index contributed by atoms with van der Waals surface area (Å²) in [5, 5.41) is 0. The first kappa shape index (κ1) is 16.0. The lowest BCUT2D eigenvalue weighted by Crippen LogP contribution is -2.29. The molecule has 1 atom stereocenters. The molecule has 4 heteroatoms. The third kappa shape index (κ3) is 3.35. The molecule has 0 bridgehead atoms. The van der Waals surface area contributed by atoms with Crippen LogP contribution in [-0.4, -0.2) is 16.0 Å². The van der Waals surface area contributed by atoms with Crippen LogP contribution >= 0.6 is 0 Å². The maximum absolute atomic E-state index is 13.9. The fraction of sp³-hybridized carbons (Fsp3) is 0.238. The molecule has 2 aromatic carbocycles. The Hall–Kier alpha value is -2.46. The largest absolute Gasteiger partial charge is 0.350 e. The molecule has 1 aliphatic heterocycles. The summed E-state index contributed by atoms with van der Waals surface area (Å²) in [5.74, 6) is -0.447. The van der Waals surface area contributed by atoms with Crippen LogP contribution in [0.1, 0.15) is 29.3 Å². The molecule has 3 aromatic rings. The summed E-state index contributed by atoms with van der Waals surface area (Å²) in [6.07, 6.45) is 3.11. The van der Waals surface area contributed by atoms with Gasteiger partial charge in [0.05, 0.1) is 6.04 Å². The minimum Gasteiger partial charge on any atom is -0.350 e. The molecule has 25 heavy (non-hydrogen) atoms. The third-order valence-corrected chi connectivity index (χ3v) is 4.82. The molecule has 0 aliphatic carbocycles. The SMILES string of the molecule is Fc1ccc(CN2CCCn3cccc3[C@H]2c2cccc(F)c2)cc1. The van der Waals surface area contributed by atoms with Crippen molar-refractivity contribution in [3.63, 3.8) is 0 Å². The van der Waals surface area contributed by atoms with Crippen molar-refractivity contribution in [3.8, 4) is 0 Å². The van der Waals surface area contributed by atoms with E-state index in [0.29, 0.717) is 6.54 Å². The van der Waals surface area contributed by atoms with Crippen LogP contribution in [0.15, 0.2) is 66.9 Å².